The summed E-state index contributed by atoms with van der Waals surface area (Å²) < 4.78 is 1.23. The highest BCUT2D eigenvalue weighted by atomic mass is 79.9. The molecule has 2 aromatic rings. The average Bonchev–Trinajstić information content (AvgIpc) is 2.82. The van der Waals surface area contributed by atoms with E-state index in [4.69, 9.17) is 0 Å². The fraction of sp³-hybridized carbons (Fsp3) is 0.333. The average molecular weight is 324 g/mol. The molecular formula is C15H18BrNS. The highest BCUT2D eigenvalue weighted by Gasteiger charge is 2.14. The lowest BCUT2D eigenvalue weighted by Crippen LogP contribution is -2.21. The molecule has 2 rings (SSSR count). The third-order valence-electron chi connectivity index (χ3n) is 3.03. The first-order chi connectivity index (χ1) is 8.81. The van der Waals surface area contributed by atoms with Gasteiger partial charge in [-0.1, -0.05) is 37.3 Å². The second-order valence-electron chi connectivity index (χ2n) is 4.31. The minimum Gasteiger partial charge on any atom is -0.310 e. The van der Waals surface area contributed by atoms with Crippen LogP contribution >= 0.6 is 27.3 Å². The van der Waals surface area contributed by atoms with E-state index in [-0.39, 0.29) is 0 Å². The number of hydrogen-bond acceptors (Lipinski definition) is 2. The molecule has 1 aromatic carbocycles. The largest absolute Gasteiger partial charge is 0.310 e. The first-order valence-electron chi connectivity index (χ1n) is 6.30. The van der Waals surface area contributed by atoms with Crippen LogP contribution in [0.4, 0.5) is 0 Å². The maximum Gasteiger partial charge on any atom is 0.0342 e. The van der Waals surface area contributed by atoms with Crippen LogP contribution in [-0.2, 0) is 6.42 Å². The van der Waals surface area contributed by atoms with Gasteiger partial charge in [-0.15, -0.1) is 0 Å². The van der Waals surface area contributed by atoms with E-state index in [0.29, 0.717) is 6.04 Å². The molecule has 1 unspecified atom stereocenters. The minimum atomic E-state index is 0.441. The van der Waals surface area contributed by atoms with Gasteiger partial charge in [0.15, 0.2) is 0 Å². The summed E-state index contributed by atoms with van der Waals surface area (Å²) in [5.41, 5.74) is 2.80. The summed E-state index contributed by atoms with van der Waals surface area (Å²) in [5.74, 6) is 0. The van der Waals surface area contributed by atoms with Crippen LogP contribution in [0.15, 0.2) is 45.6 Å². The molecule has 96 valence electrons. The summed E-state index contributed by atoms with van der Waals surface area (Å²) in [6, 6.07) is 11.1. The van der Waals surface area contributed by atoms with Gasteiger partial charge < -0.3 is 5.32 Å². The topological polar surface area (TPSA) is 12.0 Å². The standard InChI is InChI=1S/C15H18BrNS/c1-2-17-15(13-10-18-11-14(13)16)9-8-12-6-4-3-5-7-12/h3-7,10-11,15,17H,2,8-9H2,1H3. The van der Waals surface area contributed by atoms with E-state index < -0.39 is 0 Å². The van der Waals surface area contributed by atoms with Crippen molar-refractivity contribution >= 4 is 27.3 Å². The Morgan fingerprint density at radius 2 is 2.00 bits per heavy atom. The van der Waals surface area contributed by atoms with Gasteiger partial charge in [0.05, 0.1) is 0 Å². The molecule has 0 saturated carbocycles. The van der Waals surface area contributed by atoms with E-state index in [1.807, 2.05) is 0 Å². The Hall–Kier alpha value is -0.640. The van der Waals surface area contributed by atoms with Gasteiger partial charge in [-0.3, -0.25) is 0 Å². The van der Waals surface area contributed by atoms with Crippen LogP contribution in [0.1, 0.15) is 30.5 Å². The van der Waals surface area contributed by atoms with Crippen LogP contribution < -0.4 is 5.32 Å². The van der Waals surface area contributed by atoms with E-state index in [0.717, 1.165) is 19.4 Å². The maximum absolute atomic E-state index is 3.63. The highest BCUT2D eigenvalue weighted by molar-refractivity contribution is 9.10. The fourth-order valence-corrected chi connectivity index (χ4v) is 3.74. The van der Waals surface area contributed by atoms with Crippen LogP contribution in [0.5, 0.6) is 0 Å². The van der Waals surface area contributed by atoms with Crippen molar-refractivity contribution in [3.8, 4) is 0 Å². The van der Waals surface area contributed by atoms with E-state index in [1.54, 1.807) is 11.3 Å². The van der Waals surface area contributed by atoms with E-state index >= 15 is 0 Å². The molecule has 1 nitrogen and oxygen atoms in total. The second kappa shape index (κ2) is 7.07. The number of benzene rings is 1. The molecule has 18 heavy (non-hydrogen) atoms. The normalized spacial score (nSPS) is 12.6. The zero-order chi connectivity index (χ0) is 12.8. The lowest BCUT2D eigenvalue weighted by atomic mass is 10.0. The third kappa shape index (κ3) is 3.67. The first-order valence-corrected chi connectivity index (χ1v) is 8.03. The lowest BCUT2D eigenvalue weighted by Gasteiger charge is -2.17. The Bertz CT molecular complexity index is 466. The molecule has 0 saturated heterocycles. The van der Waals surface area contributed by atoms with Crippen LogP contribution in [0.25, 0.3) is 0 Å². The van der Waals surface area contributed by atoms with Gasteiger partial charge >= 0.3 is 0 Å². The molecule has 0 radical (unpaired) electrons. The summed E-state index contributed by atoms with van der Waals surface area (Å²) in [7, 11) is 0. The molecule has 0 aliphatic rings. The molecule has 0 aliphatic carbocycles. The first kappa shape index (κ1) is 13.8. The summed E-state index contributed by atoms with van der Waals surface area (Å²) >= 11 is 5.39. The molecule has 0 aliphatic heterocycles. The van der Waals surface area contributed by atoms with Crippen molar-refractivity contribution in [1.82, 2.24) is 5.32 Å². The SMILES string of the molecule is CCNC(CCc1ccccc1)c1cscc1Br. The fourth-order valence-electron chi connectivity index (χ4n) is 2.11. The molecule has 0 fully saturated rings. The Morgan fingerprint density at radius 3 is 2.61 bits per heavy atom. The Balaban J connectivity index is 2.01. The summed E-state index contributed by atoms with van der Waals surface area (Å²) in [6.07, 6.45) is 2.24. The number of aryl methyl sites for hydroxylation is 1. The van der Waals surface area contributed by atoms with Crippen molar-refractivity contribution in [3.05, 3.63) is 56.7 Å². The minimum absolute atomic E-state index is 0.441. The maximum atomic E-state index is 3.63. The summed E-state index contributed by atoms with van der Waals surface area (Å²) in [5, 5.41) is 7.97. The number of thiophene rings is 1. The molecular weight excluding hydrogens is 306 g/mol. The molecule has 0 amide bonds. The van der Waals surface area contributed by atoms with Gasteiger partial charge in [-0.25, -0.2) is 0 Å². The Kier molecular flexibility index (Phi) is 5.42. The summed E-state index contributed by atoms with van der Waals surface area (Å²) in [6.45, 7) is 3.16. The quantitative estimate of drug-likeness (QED) is 0.805. The van der Waals surface area contributed by atoms with Crippen LogP contribution in [0, 0.1) is 0 Å². The predicted molar refractivity (Wildman–Crippen MR) is 83.2 cm³/mol. The molecule has 0 spiro atoms. The van der Waals surface area contributed by atoms with E-state index in [1.165, 1.54) is 15.6 Å². The zero-order valence-corrected chi connectivity index (χ0v) is 12.9. The molecule has 1 atom stereocenters. The van der Waals surface area contributed by atoms with Crippen molar-refractivity contribution in [2.75, 3.05) is 6.54 Å². The highest BCUT2D eigenvalue weighted by Crippen LogP contribution is 2.30. The molecule has 1 N–H and O–H groups in total. The van der Waals surface area contributed by atoms with Crippen LogP contribution in [0.3, 0.4) is 0 Å². The van der Waals surface area contributed by atoms with Gasteiger partial charge in [0.25, 0.3) is 0 Å². The number of hydrogen-bond donors (Lipinski definition) is 1. The molecule has 0 bridgehead atoms. The van der Waals surface area contributed by atoms with Crippen molar-refractivity contribution in [1.29, 1.82) is 0 Å². The van der Waals surface area contributed by atoms with Crippen molar-refractivity contribution < 1.29 is 0 Å². The lowest BCUT2D eigenvalue weighted by molar-refractivity contribution is 0.515. The van der Waals surface area contributed by atoms with Gasteiger partial charge in [0.1, 0.15) is 0 Å². The number of halogens is 1. The molecule has 1 heterocycles. The Morgan fingerprint density at radius 1 is 1.22 bits per heavy atom. The van der Waals surface area contributed by atoms with Crippen LogP contribution in [0.2, 0.25) is 0 Å². The van der Waals surface area contributed by atoms with Crippen molar-refractivity contribution in [2.24, 2.45) is 0 Å². The summed E-state index contributed by atoms with van der Waals surface area (Å²) in [4.78, 5) is 0. The second-order valence-corrected chi connectivity index (χ2v) is 5.91. The zero-order valence-electron chi connectivity index (χ0n) is 10.5. The van der Waals surface area contributed by atoms with Crippen molar-refractivity contribution in [3.63, 3.8) is 0 Å². The van der Waals surface area contributed by atoms with Gasteiger partial charge in [-0.05, 0) is 51.8 Å². The van der Waals surface area contributed by atoms with E-state index in [9.17, 15) is 0 Å². The smallest absolute Gasteiger partial charge is 0.0342 e. The Labute approximate surface area is 121 Å². The molecule has 3 heteroatoms. The van der Waals surface area contributed by atoms with Gasteiger partial charge in [0.2, 0.25) is 0 Å². The molecule has 1 aromatic heterocycles. The monoisotopic (exact) mass is 323 g/mol. The van der Waals surface area contributed by atoms with Gasteiger partial charge in [0, 0.05) is 15.9 Å². The van der Waals surface area contributed by atoms with Crippen molar-refractivity contribution in [2.45, 2.75) is 25.8 Å². The number of rotatable bonds is 6. The number of nitrogens with one attached hydrogen (secondary N) is 1. The van der Waals surface area contributed by atoms with Gasteiger partial charge in [-0.2, -0.15) is 11.3 Å². The predicted octanol–water partition coefficient (Wildman–Crippen LogP) is 4.79. The van der Waals surface area contributed by atoms with Crippen LogP contribution in [-0.4, -0.2) is 6.54 Å². The third-order valence-corrected chi connectivity index (χ3v) is 4.78. The van der Waals surface area contributed by atoms with E-state index in [2.05, 4.69) is 69.3 Å².